The van der Waals surface area contributed by atoms with E-state index in [1.807, 2.05) is 13.1 Å². The minimum Gasteiger partial charge on any atom is -0.447 e. The molecule has 0 aromatic carbocycles. The highest BCUT2D eigenvalue weighted by Gasteiger charge is 2.18. The topological polar surface area (TPSA) is 89.2 Å². The molecule has 2 heterocycles. The maximum atomic E-state index is 12.0. The van der Waals surface area contributed by atoms with Crippen LogP contribution in [-0.2, 0) is 30.0 Å². The summed E-state index contributed by atoms with van der Waals surface area (Å²) in [4.78, 5) is 0. The van der Waals surface area contributed by atoms with Crippen molar-refractivity contribution >= 4 is 10.0 Å². The van der Waals surface area contributed by atoms with Crippen molar-refractivity contribution in [1.82, 2.24) is 19.8 Å². The molecule has 0 aliphatic carbocycles. The Bertz CT molecular complexity index is 660. The normalized spacial score (nSPS) is 11.9. The van der Waals surface area contributed by atoms with Crippen LogP contribution in [0.3, 0.4) is 0 Å². The van der Waals surface area contributed by atoms with Gasteiger partial charge in [-0.05, 0) is 25.2 Å². The van der Waals surface area contributed by atoms with Crippen molar-refractivity contribution in [3.05, 3.63) is 35.9 Å². The molecule has 0 unspecified atom stereocenters. The summed E-state index contributed by atoms with van der Waals surface area (Å²) in [6.07, 6.45) is 2.25. The molecule has 0 fully saturated rings. The summed E-state index contributed by atoms with van der Waals surface area (Å²) in [5, 5.41) is 6.86. The molecule has 2 aromatic rings. The molecular weight excluding hydrogens is 280 g/mol. The Balaban J connectivity index is 1.95. The molecule has 2 N–H and O–H groups in total. The third-order valence-electron chi connectivity index (χ3n) is 2.85. The first kappa shape index (κ1) is 14.8. The van der Waals surface area contributed by atoms with Gasteiger partial charge in [0, 0.05) is 31.9 Å². The zero-order valence-electron chi connectivity index (χ0n) is 11.5. The molecule has 0 aliphatic rings. The molecule has 0 saturated heterocycles. The zero-order valence-corrected chi connectivity index (χ0v) is 12.3. The second kappa shape index (κ2) is 6.21. The second-order valence-corrected chi connectivity index (χ2v) is 6.04. The van der Waals surface area contributed by atoms with Gasteiger partial charge >= 0.3 is 0 Å². The summed E-state index contributed by atoms with van der Waals surface area (Å²) in [6, 6.07) is 4.96. The predicted octanol–water partition coefficient (Wildman–Crippen LogP) is 0.254. The minimum absolute atomic E-state index is 0.0623. The van der Waals surface area contributed by atoms with E-state index in [4.69, 9.17) is 4.42 Å². The minimum atomic E-state index is -3.60. The molecule has 0 amide bonds. The van der Waals surface area contributed by atoms with E-state index < -0.39 is 10.0 Å². The van der Waals surface area contributed by atoms with E-state index in [9.17, 15) is 8.42 Å². The Morgan fingerprint density at radius 1 is 1.35 bits per heavy atom. The van der Waals surface area contributed by atoms with Gasteiger partial charge in [0.2, 0.25) is 5.09 Å². The maximum Gasteiger partial charge on any atom is 0.273 e. The lowest BCUT2D eigenvalue weighted by atomic mass is 10.3. The second-order valence-electron chi connectivity index (χ2n) is 4.35. The summed E-state index contributed by atoms with van der Waals surface area (Å²) in [6.45, 7) is 0.786. The SMILES string of the molecule is CNCc1ccc(S(=O)(=O)NCCc2ccnn2C)o1. The lowest BCUT2D eigenvalue weighted by Crippen LogP contribution is -2.26. The van der Waals surface area contributed by atoms with Gasteiger partial charge in [-0.25, -0.2) is 13.1 Å². The van der Waals surface area contributed by atoms with E-state index in [1.54, 1.807) is 24.0 Å². The van der Waals surface area contributed by atoms with Crippen LogP contribution >= 0.6 is 0 Å². The van der Waals surface area contributed by atoms with Crippen LogP contribution in [0.25, 0.3) is 0 Å². The molecule has 0 atom stereocenters. The van der Waals surface area contributed by atoms with Crippen LogP contribution in [0, 0.1) is 0 Å². The molecule has 110 valence electrons. The van der Waals surface area contributed by atoms with E-state index in [0.717, 1.165) is 5.69 Å². The maximum absolute atomic E-state index is 12.0. The highest BCUT2D eigenvalue weighted by atomic mass is 32.2. The van der Waals surface area contributed by atoms with E-state index in [0.29, 0.717) is 25.3 Å². The van der Waals surface area contributed by atoms with Gasteiger partial charge in [0.1, 0.15) is 5.76 Å². The van der Waals surface area contributed by atoms with Crippen LogP contribution in [0.15, 0.2) is 33.9 Å². The molecule has 0 bridgehead atoms. The average molecular weight is 298 g/mol. The van der Waals surface area contributed by atoms with Gasteiger partial charge in [0.25, 0.3) is 10.0 Å². The van der Waals surface area contributed by atoms with Gasteiger partial charge in [-0.2, -0.15) is 5.10 Å². The Morgan fingerprint density at radius 3 is 2.80 bits per heavy atom. The van der Waals surface area contributed by atoms with Gasteiger partial charge < -0.3 is 9.73 Å². The fourth-order valence-electron chi connectivity index (χ4n) is 1.80. The first-order valence-corrected chi connectivity index (χ1v) is 7.71. The Kier molecular flexibility index (Phi) is 4.58. The van der Waals surface area contributed by atoms with Crippen LogP contribution in [0.2, 0.25) is 0 Å². The van der Waals surface area contributed by atoms with Crippen LogP contribution in [0.5, 0.6) is 0 Å². The lowest BCUT2D eigenvalue weighted by Gasteiger charge is -2.04. The molecule has 0 aliphatic heterocycles. The van der Waals surface area contributed by atoms with Crippen molar-refractivity contribution in [3.8, 4) is 0 Å². The molecule has 7 nitrogen and oxygen atoms in total. The number of nitrogens with zero attached hydrogens (tertiary/aromatic N) is 2. The Hall–Kier alpha value is -1.64. The number of nitrogens with one attached hydrogen (secondary N) is 2. The average Bonchev–Trinajstić information content (AvgIpc) is 3.00. The molecule has 2 rings (SSSR count). The van der Waals surface area contributed by atoms with Gasteiger partial charge in [-0.3, -0.25) is 4.68 Å². The standard InChI is InChI=1S/C12H18N4O3S/c1-13-9-11-3-4-12(19-11)20(17,18)15-8-6-10-5-7-14-16(10)2/h3-5,7,13,15H,6,8-9H2,1-2H3. The fraction of sp³-hybridized carbons (Fsp3) is 0.417. The smallest absolute Gasteiger partial charge is 0.273 e. The van der Waals surface area contributed by atoms with Crippen LogP contribution in [0.1, 0.15) is 11.5 Å². The Labute approximate surface area is 118 Å². The molecular formula is C12H18N4O3S. The van der Waals surface area contributed by atoms with Crippen LogP contribution < -0.4 is 10.0 Å². The third kappa shape index (κ3) is 3.47. The number of rotatable bonds is 7. The summed E-state index contributed by atoms with van der Waals surface area (Å²) < 4.78 is 33.5. The summed E-state index contributed by atoms with van der Waals surface area (Å²) in [5.74, 6) is 0.583. The molecule has 0 spiro atoms. The molecule has 0 saturated carbocycles. The molecule has 2 aromatic heterocycles. The first-order valence-electron chi connectivity index (χ1n) is 6.23. The molecule has 8 heteroatoms. The van der Waals surface area contributed by atoms with Crippen LogP contribution in [-0.4, -0.2) is 31.8 Å². The number of hydrogen-bond donors (Lipinski definition) is 2. The quantitative estimate of drug-likeness (QED) is 0.765. The van der Waals surface area contributed by atoms with Crippen molar-refractivity contribution in [2.45, 2.75) is 18.1 Å². The largest absolute Gasteiger partial charge is 0.447 e. The fourth-order valence-corrected chi connectivity index (χ4v) is 2.78. The van der Waals surface area contributed by atoms with Gasteiger partial charge in [-0.1, -0.05) is 0 Å². The number of hydrogen-bond acceptors (Lipinski definition) is 5. The number of furan rings is 1. The lowest BCUT2D eigenvalue weighted by molar-refractivity contribution is 0.404. The van der Waals surface area contributed by atoms with E-state index in [1.165, 1.54) is 6.07 Å². The molecule has 20 heavy (non-hydrogen) atoms. The predicted molar refractivity (Wildman–Crippen MR) is 73.6 cm³/mol. The van der Waals surface area contributed by atoms with E-state index >= 15 is 0 Å². The van der Waals surface area contributed by atoms with Crippen molar-refractivity contribution in [3.63, 3.8) is 0 Å². The monoisotopic (exact) mass is 298 g/mol. The molecule has 0 radical (unpaired) electrons. The van der Waals surface area contributed by atoms with Gasteiger partial charge in [0.15, 0.2) is 0 Å². The number of sulfonamides is 1. The van der Waals surface area contributed by atoms with Crippen molar-refractivity contribution in [2.24, 2.45) is 7.05 Å². The van der Waals surface area contributed by atoms with Crippen LogP contribution in [0.4, 0.5) is 0 Å². The third-order valence-corrected chi connectivity index (χ3v) is 4.18. The Morgan fingerprint density at radius 2 is 2.15 bits per heavy atom. The van der Waals surface area contributed by atoms with Gasteiger partial charge in [0.05, 0.1) is 6.54 Å². The van der Waals surface area contributed by atoms with E-state index in [-0.39, 0.29) is 5.09 Å². The van der Waals surface area contributed by atoms with Crippen molar-refractivity contribution < 1.29 is 12.8 Å². The number of aromatic nitrogens is 2. The summed E-state index contributed by atoms with van der Waals surface area (Å²) >= 11 is 0. The zero-order chi connectivity index (χ0) is 14.6. The van der Waals surface area contributed by atoms with E-state index in [2.05, 4.69) is 15.1 Å². The van der Waals surface area contributed by atoms with Crippen molar-refractivity contribution in [2.75, 3.05) is 13.6 Å². The summed E-state index contributed by atoms with van der Waals surface area (Å²) in [5.41, 5.74) is 0.961. The first-order chi connectivity index (χ1) is 9.53. The van der Waals surface area contributed by atoms with Gasteiger partial charge in [-0.15, -0.1) is 0 Å². The van der Waals surface area contributed by atoms with Crippen molar-refractivity contribution in [1.29, 1.82) is 0 Å². The number of aryl methyl sites for hydroxylation is 1. The highest BCUT2D eigenvalue weighted by molar-refractivity contribution is 7.89. The summed E-state index contributed by atoms with van der Waals surface area (Å²) in [7, 11) is -0.0114. The highest BCUT2D eigenvalue weighted by Crippen LogP contribution is 2.13.